The third-order valence-electron chi connectivity index (χ3n) is 4.35. The highest BCUT2D eigenvalue weighted by atomic mass is 127. The third kappa shape index (κ3) is 4.55. The lowest BCUT2D eigenvalue weighted by Gasteiger charge is -2.36. The van der Waals surface area contributed by atoms with Crippen LogP contribution in [-0.2, 0) is 4.74 Å². The second-order valence-corrected chi connectivity index (χ2v) is 14.5. The number of carbonyl (C=O) groups excluding carboxylic acids is 1. The molecular formula is C18H27IN2O3Si. The van der Waals surface area contributed by atoms with Gasteiger partial charge in [-0.2, -0.15) is 9.78 Å². The van der Waals surface area contributed by atoms with Crippen LogP contribution < -0.4 is 4.43 Å². The molecule has 2 rings (SSSR count). The second kappa shape index (κ2) is 6.57. The summed E-state index contributed by atoms with van der Waals surface area (Å²) in [7, 11) is -1.92. The van der Waals surface area contributed by atoms with Gasteiger partial charge in [-0.1, -0.05) is 20.8 Å². The fourth-order valence-corrected chi connectivity index (χ4v) is 3.69. The number of carbonyl (C=O) groups is 1. The van der Waals surface area contributed by atoms with E-state index >= 15 is 0 Å². The number of aromatic nitrogens is 2. The van der Waals surface area contributed by atoms with E-state index in [1.54, 1.807) is 0 Å². The van der Waals surface area contributed by atoms with Gasteiger partial charge in [-0.05, 0) is 79.7 Å². The van der Waals surface area contributed by atoms with Crippen molar-refractivity contribution in [3.05, 3.63) is 21.9 Å². The summed E-state index contributed by atoms with van der Waals surface area (Å²) in [5, 5.41) is 5.36. The average molecular weight is 474 g/mol. The molecule has 138 valence electrons. The highest BCUT2D eigenvalue weighted by molar-refractivity contribution is 14.1. The molecular weight excluding hydrogens is 447 g/mol. The van der Waals surface area contributed by atoms with Gasteiger partial charge in [-0.25, -0.2) is 4.79 Å². The van der Waals surface area contributed by atoms with Crippen molar-refractivity contribution in [3.63, 3.8) is 0 Å². The van der Waals surface area contributed by atoms with Crippen LogP contribution >= 0.6 is 22.6 Å². The summed E-state index contributed by atoms with van der Waals surface area (Å²) in [5.74, 6) is 0.820. The molecule has 0 bridgehead atoms. The van der Waals surface area contributed by atoms with E-state index in [0.717, 1.165) is 20.4 Å². The van der Waals surface area contributed by atoms with Crippen molar-refractivity contribution in [1.82, 2.24) is 9.78 Å². The Morgan fingerprint density at radius 3 is 2.28 bits per heavy atom. The normalized spacial score (nSPS) is 13.2. The van der Waals surface area contributed by atoms with Gasteiger partial charge in [-0.15, -0.1) is 0 Å². The highest BCUT2D eigenvalue weighted by Gasteiger charge is 2.39. The maximum absolute atomic E-state index is 12.4. The first-order valence-corrected chi connectivity index (χ1v) is 12.3. The van der Waals surface area contributed by atoms with Crippen molar-refractivity contribution >= 4 is 47.9 Å². The fraction of sp³-hybridized carbons (Fsp3) is 0.556. The molecule has 1 aromatic heterocycles. The van der Waals surface area contributed by atoms with E-state index in [9.17, 15) is 4.79 Å². The monoisotopic (exact) mass is 474 g/mol. The molecule has 0 aliphatic carbocycles. The Morgan fingerprint density at radius 1 is 1.16 bits per heavy atom. The van der Waals surface area contributed by atoms with Crippen LogP contribution in [0, 0.1) is 3.70 Å². The van der Waals surface area contributed by atoms with Crippen LogP contribution in [0.4, 0.5) is 4.79 Å². The van der Waals surface area contributed by atoms with Crippen LogP contribution in [0.5, 0.6) is 5.75 Å². The summed E-state index contributed by atoms with van der Waals surface area (Å²) in [5.41, 5.74) is 0.160. The summed E-state index contributed by atoms with van der Waals surface area (Å²) in [6, 6.07) is 5.74. The first-order valence-electron chi connectivity index (χ1n) is 8.32. The van der Waals surface area contributed by atoms with Gasteiger partial charge < -0.3 is 9.16 Å². The van der Waals surface area contributed by atoms with Gasteiger partial charge >= 0.3 is 6.09 Å². The van der Waals surface area contributed by atoms with Crippen molar-refractivity contribution < 1.29 is 14.0 Å². The van der Waals surface area contributed by atoms with Gasteiger partial charge in [0.1, 0.15) is 15.1 Å². The number of ether oxygens (including phenoxy) is 1. The van der Waals surface area contributed by atoms with Crippen LogP contribution in [-0.4, -0.2) is 29.8 Å². The molecule has 0 amide bonds. The molecule has 0 unspecified atom stereocenters. The van der Waals surface area contributed by atoms with E-state index in [0.29, 0.717) is 0 Å². The van der Waals surface area contributed by atoms with E-state index in [4.69, 9.17) is 9.16 Å². The molecule has 5 nitrogen and oxygen atoms in total. The van der Waals surface area contributed by atoms with E-state index in [2.05, 4.69) is 61.6 Å². The molecule has 0 aliphatic heterocycles. The number of hydrogen-bond donors (Lipinski definition) is 0. The lowest BCUT2D eigenvalue weighted by atomic mass is 10.2. The summed E-state index contributed by atoms with van der Waals surface area (Å²) in [4.78, 5) is 12.4. The van der Waals surface area contributed by atoms with Crippen LogP contribution in [0.25, 0.3) is 10.9 Å². The summed E-state index contributed by atoms with van der Waals surface area (Å²) >= 11 is 2.14. The van der Waals surface area contributed by atoms with E-state index in [1.807, 2.05) is 39.0 Å². The molecule has 0 saturated heterocycles. The Labute approximate surface area is 164 Å². The Bertz CT molecular complexity index is 801. The zero-order valence-corrected chi connectivity index (χ0v) is 19.4. The van der Waals surface area contributed by atoms with Gasteiger partial charge in [0.05, 0.1) is 5.52 Å². The molecule has 25 heavy (non-hydrogen) atoms. The molecule has 0 radical (unpaired) electrons. The predicted molar refractivity (Wildman–Crippen MR) is 112 cm³/mol. The molecule has 2 aromatic rings. The third-order valence-corrected chi connectivity index (χ3v) is 9.51. The average Bonchev–Trinajstić information content (AvgIpc) is 2.72. The van der Waals surface area contributed by atoms with Crippen LogP contribution in [0.3, 0.4) is 0 Å². The molecule has 1 aromatic carbocycles. The zero-order chi connectivity index (χ0) is 19.2. The fourth-order valence-electron chi connectivity index (χ4n) is 2.02. The lowest BCUT2D eigenvalue weighted by molar-refractivity contribution is 0.0522. The summed E-state index contributed by atoms with van der Waals surface area (Å²) in [6.07, 6.45) is -0.474. The minimum absolute atomic E-state index is 0.121. The number of fused-ring (bicyclic) bond motifs is 1. The largest absolute Gasteiger partial charge is 0.543 e. The van der Waals surface area contributed by atoms with Crippen LogP contribution in [0.1, 0.15) is 41.5 Å². The SMILES string of the molecule is CC(C)(C)OC(=O)n1nc(I)c2cc(O[Si](C)(C)C(C)(C)C)ccc21. The van der Waals surface area contributed by atoms with E-state index in [-0.39, 0.29) is 5.04 Å². The lowest BCUT2D eigenvalue weighted by Crippen LogP contribution is -2.43. The van der Waals surface area contributed by atoms with Crippen molar-refractivity contribution in [2.24, 2.45) is 0 Å². The Hall–Kier alpha value is -1.09. The molecule has 0 fully saturated rings. The maximum Gasteiger partial charge on any atom is 0.435 e. The molecule has 7 heteroatoms. The molecule has 0 spiro atoms. The van der Waals surface area contributed by atoms with Crippen molar-refractivity contribution in [1.29, 1.82) is 0 Å². The highest BCUT2D eigenvalue weighted by Crippen LogP contribution is 2.38. The maximum atomic E-state index is 12.4. The van der Waals surface area contributed by atoms with E-state index < -0.39 is 20.0 Å². The van der Waals surface area contributed by atoms with Gasteiger partial charge in [0.25, 0.3) is 0 Å². The van der Waals surface area contributed by atoms with Gasteiger partial charge in [0.15, 0.2) is 0 Å². The molecule has 0 saturated carbocycles. The van der Waals surface area contributed by atoms with Gasteiger partial charge in [-0.3, -0.25) is 0 Å². The minimum atomic E-state index is -1.92. The van der Waals surface area contributed by atoms with Crippen LogP contribution in [0.2, 0.25) is 18.1 Å². The van der Waals surface area contributed by atoms with Crippen LogP contribution in [0.15, 0.2) is 18.2 Å². The number of hydrogen-bond acceptors (Lipinski definition) is 4. The first kappa shape index (κ1) is 20.2. The summed E-state index contributed by atoms with van der Waals surface area (Å²) < 4.78 is 13.9. The topological polar surface area (TPSA) is 53.4 Å². The minimum Gasteiger partial charge on any atom is -0.543 e. The number of nitrogens with zero attached hydrogens (tertiary/aromatic N) is 2. The molecule has 0 atom stereocenters. The summed E-state index contributed by atoms with van der Waals surface area (Å²) in [6.45, 7) is 16.6. The molecule has 0 N–H and O–H groups in total. The number of rotatable bonds is 2. The Balaban J connectivity index is 2.40. The Morgan fingerprint density at radius 2 is 1.76 bits per heavy atom. The standard InChI is InChI=1S/C18H27IN2O3Si/c1-17(2,3)23-16(22)21-14-10-9-12(11-13(14)15(19)20-21)24-25(7,8)18(4,5)6/h9-11H,1-8H3. The zero-order valence-electron chi connectivity index (χ0n) is 16.2. The Kier molecular flexibility index (Phi) is 5.31. The molecule has 0 aliphatic rings. The van der Waals surface area contributed by atoms with Gasteiger partial charge in [0.2, 0.25) is 8.32 Å². The predicted octanol–water partition coefficient (Wildman–Crippen LogP) is 5.81. The van der Waals surface area contributed by atoms with Gasteiger partial charge in [0, 0.05) is 5.39 Å². The quantitative estimate of drug-likeness (QED) is 0.407. The number of benzene rings is 1. The van der Waals surface area contributed by atoms with Crippen molar-refractivity contribution in [2.75, 3.05) is 0 Å². The van der Waals surface area contributed by atoms with Crippen molar-refractivity contribution in [2.45, 2.75) is 65.3 Å². The smallest absolute Gasteiger partial charge is 0.435 e. The first-order chi connectivity index (χ1) is 11.2. The second-order valence-electron chi connectivity index (χ2n) is 8.72. The molecule has 1 heterocycles. The number of halogens is 1. The van der Waals surface area contributed by atoms with Crippen molar-refractivity contribution in [3.8, 4) is 5.75 Å². The van der Waals surface area contributed by atoms with E-state index in [1.165, 1.54) is 4.68 Å².